The van der Waals surface area contributed by atoms with Crippen LogP contribution in [0.2, 0.25) is 4.34 Å². The number of fused-ring (bicyclic) bond motifs is 1. The minimum absolute atomic E-state index is 0.185. The SMILES string of the molecule is Nc1nc(-c2ccco2)c2c(n1)N(Cc1ccc(Cl)s1)NN2. The van der Waals surface area contributed by atoms with Gasteiger partial charge in [0.05, 0.1) is 17.1 Å². The summed E-state index contributed by atoms with van der Waals surface area (Å²) in [5, 5.41) is 1.85. The van der Waals surface area contributed by atoms with Gasteiger partial charge in [0, 0.05) is 4.88 Å². The summed E-state index contributed by atoms with van der Waals surface area (Å²) in [5.74, 6) is 1.48. The van der Waals surface area contributed by atoms with E-state index >= 15 is 0 Å². The fraction of sp³-hybridized carbons (Fsp3) is 0.0769. The van der Waals surface area contributed by atoms with Crippen molar-refractivity contribution in [3.05, 3.63) is 39.7 Å². The highest BCUT2D eigenvalue weighted by Crippen LogP contribution is 2.37. The topological polar surface area (TPSA) is 92.2 Å². The van der Waals surface area contributed by atoms with Gasteiger partial charge in [-0.15, -0.1) is 16.9 Å². The van der Waals surface area contributed by atoms with E-state index in [9.17, 15) is 0 Å². The number of nitrogens with one attached hydrogen (secondary N) is 2. The molecule has 4 N–H and O–H groups in total. The summed E-state index contributed by atoms with van der Waals surface area (Å²) >= 11 is 7.49. The van der Waals surface area contributed by atoms with Crippen molar-refractivity contribution in [3.63, 3.8) is 0 Å². The third-order valence-corrected chi connectivity index (χ3v) is 4.39. The van der Waals surface area contributed by atoms with Crippen LogP contribution in [0.4, 0.5) is 17.5 Å². The number of anilines is 3. The van der Waals surface area contributed by atoms with E-state index in [1.165, 1.54) is 11.3 Å². The van der Waals surface area contributed by atoms with Crippen molar-refractivity contribution in [2.45, 2.75) is 6.54 Å². The van der Waals surface area contributed by atoms with Crippen LogP contribution < -0.4 is 21.7 Å². The highest BCUT2D eigenvalue weighted by Gasteiger charge is 2.27. The maximum absolute atomic E-state index is 5.97. The van der Waals surface area contributed by atoms with Gasteiger partial charge in [-0.3, -0.25) is 10.4 Å². The standard InChI is InChI=1S/C13H11ClN6OS/c14-9-4-3-7(22-9)6-20-12-11(18-19-20)10(16-13(15)17-12)8-2-1-5-21-8/h1-5,18-19H,6H2,(H2,15,16,17). The van der Waals surface area contributed by atoms with E-state index in [0.717, 1.165) is 14.9 Å². The monoisotopic (exact) mass is 334 g/mol. The average molecular weight is 335 g/mol. The Morgan fingerprint density at radius 2 is 2.23 bits per heavy atom. The van der Waals surface area contributed by atoms with Crippen LogP contribution in [0.1, 0.15) is 4.88 Å². The lowest BCUT2D eigenvalue weighted by molar-refractivity contribution is 0.580. The van der Waals surface area contributed by atoms with Gasteiger partial charge in [-0.25, -0.2) is 4.98 Å². The van der Waals surface area contributed by atoms with Crippen molar-refractivity contribution in [2.75, 3.05) is 16.2 Å². The molecule has 22 heavy (non-hydrogen) atoms. The summed E-state index contributed by atoms with van der Waals surface area (Å²) < 4.78 is 6.16. The average Bonchev–Trinajstić information content (AvgIpc) is 3.21. The molecule has 0 bridgehead atoms. The molecule has 4 rings (SSSR count). The zero-order chi connectivity index (χ0) is 15.1. The second kappa shape index (κ2) is 5.16. The summed E-state index contributed by atoms with van der Waals surface area (Å²) in [6, 6.07) is 7.47. The highest BCUT2D eigenvalue weighted by molar-refractivity contribution is 7.16. The first-order valence-corrected chi connectivity index (χ1v) is 7.65. The van der Waals surface area contributed by atoms with E-state index < -0.39 is 0 Å². The number of halogens is 1. The normalized spacial score (nSPS) is 13.2. The first-order chi connectivity index (χ1) is 10.7. The molecule has 0 fully saturated rings. The number of rotatable bonds is 3. The Labute approximate surface area is 134 Å². The molecule has 4 heterocycles. The molecule has 0 saturated heterocycles. The first kappa shape index (κ1) is 13.4. The van der Waals surface area contributed by atoms with Gasteiger partial charge < -0.3 is 10.2 Å². The molecule has 3 aromatic rings. The fourth-order valence-corrected chi connectivity index (χ4v) is 3.33. The van der Waals surface area contributed by atoms with Crippen molar-refractivity contribution in [2.24, 2.45) is 0 Å². The Hall–Kier alpha value is -2.29. The second-order valence-corrected chi connectivity index (χ2v) is 6.43. The lowest BCUT2D eigenvalue weighted by Crippen LogP contribution is -2.35. The molecule has 9 heteroatoms. The molecule has 0 atom stereocenters. The van der Waals surface area contributed by atoms with Crippen molar-refractivity contribution in [1.29, 1.82) is 0 Å². The molecule has 0 aliphatic carbocycles. The number of hydrogen-bond donors (Lipinski definition) is 3. The van der Waals surface area contributed by atoms with Crippen molar-refractivity contribution in [3.8, 4) is 11.5 Å². The molecule has 0 aromatic carbocycles. The van der Waals surface area contributed by atoms with Gasteiger partial charge in [-0.1, -0.05) is 11.6 Å². The van der Waals surface area contributed by atoms with Crippen LogP contribution in [0.3, 0.4) is 0 Å². The zero-order valence-electron chi connectivity index (χ0n) is 11.2. The van der Waals surface area contributed by atoms with E-state index in [0.29, 0.717) is 23.8 Å². The van der Waals surface area contributed by atoms with E-state index in [1.807, 2.05) is 23.2 Å². The summed E-state index contributed by atoms with van der Waals surface area (Å²) in [5.41, 5.74) is 13.3. The van der Waals surface area contributed by atoms with Gasteiger partial charge in [0.2, 0.25) is 5.95 Å². The van der Waals surface area contributed by atoms with Gasteiger partial charge in [-0.05, 0) is 24.3 Å². The molecule has 3 aromatic heterocycles. The number of nitrogens with two attached hydrogens (primary N) is 1. The number of aromatic nitrogens is 2. The van der Waals surface area contributed by atoms with Crippen LogP contribution >= 0.6 is 22.9 Å². The summed E-state index contributed by atoms with van der Waals surface area (Å²) in [4.78, 5) is 9.67. The summed E-state index contributed by atoms with van der Waals surface area (Å²) in [6.07, 6.45) is 1.59. The van der Waals surface area contributed by atoms with Crippen LogP contribution in [-0.2, 0) is 6.54 Å². The predicted molar refractivity (Wildman–Crippen MR) is 86.4 cm³/mol. The van der Waals surface area contributed by atoms with Gasteiger partial charge in [0.15, 0.2) is 11.6 Å². The molecular weight excluding hydrogens is 324 g/mol. The minimum atomic E-state index is 0.185. The molecule has 1 aliphatic heterocycles. The van der Waals surface area contributed by atoms with Gasteiger partial charge >= 0.3 is 0 Å². The Bertz CT molecular complexity index is 818. The van der Waals surface area contributed by atoms with E-state index in [1.54, 1.807) is 12.3 Å². The third-order valence-electron chi connectivity index (χ3n) is 3.18. The molecule has 1 aliphatic rings. The molecule has 0 saturated carbocycles. The van der Waals surface area contributed by atoms with Crippen LogP contribution in [0, 0.1) is 0 Å². The maximum atomic E-state index is 5.97. The largest absolute Gasteiger partial charge is 0.463 e. The Morgan fingerprint density at radius 3 is 2.95 bits per heavy atom. The Morgan fingerprint density at radius 1 is 1.32 bits per heavy atom. The predicted octanol–water partition coefficient (Wildman–Crippen LogP) is 2.89. The fourth-order valence-electron chi connectivity index (χ4n) is 2.25. The van der Waals surface area contributed by atoms with Crippen LogP contribution in [-0.4, -0.2) is 9.97 Å². The zero-order valence-corrected chi connectivity index (χ0v) is 12.8. The molecule has 0 unspecified atom stereocenters. The highest BCUT2D eigenvalue weighted by atomic mass is 35.5. The number of thiophene rings is 1. The molecule has 112 valence electrons. The molecule has 0 radical (unpaired) electrons. The van der Waals surface area contributed by atoms with E-state index in [4.69, 9.17) is 21.8 Å². The second-order valence-electron chi connectivity index (χ2n) is 4.64. The van der Waals surface area contributed by atoms with Crippen molar-refractivity contribution < 1.29 is 4.42 Å². The Balaban J connectivity index is 1.72. The van der Waals surface area contributed by atoms with Gasteiger partial charge in [-0.2, -0.15) is 4.98 Å². The lowest BCUT2D eigenvalue weighted by Gasteiger charge is -2.15. The molecule has 0 amide bonds. The molecule has 7 nitrogen and oxygen atoms in total. The van der Waals surface area contributed by atoms with Crippen LogP contribution in [0.5, 0.6) is 0 Å². The quantitative estimate of drug-likeness (QED) is 0.678. The van der Waals surface area contributed by atoms with Gasteiger partial charge in [0.25, 0.3) is 0 Å². The summed E-state index contributed by atoms with van der Waals surface area (Å²) in [7, 11) is 0. The maximum Gasteiger partial charge on any atom is 0.222 e. The number of furan rings is 1. The first-order valence-electron chi connectivity index (χ1n) is 6.45. The molecular formula is C13H11ClN6OS. The van der Waals surface area contributed by atoms with Crippen LogP contribution in [0.15, 0.2) is 34.9 Å². The Kier molecular flexibility index (Phi) is 3.14. The van der Waals surface area contributed by atoms with E-state index in [2.05, 4.69) is 20.9 Å². The van der Waals surface area contributed by atoms with E-state index in [-0.39, 0.29) is 5.95 Å². The number of nitrogens with zero attached hydrogens (tertiary/aromatic N) is 3. The third kappa shape index (κ3) is 2.27. The smallest absolute Gasteiger partial charge is 0.222 e. The van der Waals surface area contributed by atoms with Gasteiger partial charge in [0.1, 0.15) is 11.4 Å². The van der Waals surface area contributed by atoms with Crippen molar-refractivity contribution >= 4 is 40.4 Å². The number of hydrogen-bond acceptors (Lipinski definition) is 8. The number of nitrogen functional groups attached to an aromatic ring is 1. The number of hydrazine groups is 2. The summed E-state index contributed by atoms with van der Waals surface area (Å²) in [6.45, 7) is 0.603. The molecule has 0 spiro atoms. The van der Waals surface area contributed by atoms with Crippen molar-refractivity contribution in [1.82, 2.24) is 15.5 Å². The lowest BCUT2D eigenvalue weighted by atomic mass is 10.2. The minimum Gasteiger partial charge on any atom is -0.463 e. The van der Waals surface area contributed by atoms with Crippen LogP contribution in [0.25, 0.3) is 11.5 Å².